The number of ether oxygens (including phenoxy) is 3. The van der Waals surface area contributed by atoms with Crippen molar-refractivity contribution in [3.8, 4) is 11.5 Å². The molecule has 9 nitrogen and oxygen atoms in total. The van der Waals surface area contributed by atoms with Gasteiger partial charge >= 0.3 is 5.97 Å². The Hall–Kier alpha value is -4.44. The number of aliphatic hydroxyl groups is 1. The number of ketones is 1. The third-order valence-corrected chi connectivity index (χ3v) is 7.88. The van der Waals surface area contributed by atoms with E-state index in [4.69, 9.17) is 14.2 Å². The summed E-state index contributed by atoms with van der Waals surface area (Å²) in [4.78, 5) is 45.8. The lowest BCUT2D eigenvalue weighted by molar-refractivity contribution is -0.117. The Kier molecular flexibility index (Phi) is 10.7. The van der Waals surface area contributed by atoms with Crippen molar-refractivity contribution >= 4 is 40.2 Å². The first-order chi connectivity index (χ1) is 20.8. The van der Waals surface area contributed by atoms with Gasteiger partial charge in [-0.3, -0.25) is 14.5 Å². The van der Waals surface area contributed by atoms with E-state index in [0.29, 0.717) is 36.0 Å². The van der Waals surface area contributed by atoms with Crippen LogP contribution in [0.5, 0.6) is 11.5 Å². The number of benzene rings is 2. The van der Waals surface area contributed by atoms with Gasteiger partial charge in [0.2, 0.25) is 0 Å². The number of aromatic nitrogens is 1. The van der Waals surface area contributed by atoms with Crippen molar-refractivity contribution in [2.75, 3.05) is 24.7 Å². The molecule has 1 amide bonds. The molecule has 0 aliphatic carbocycles. The number of anilines is 1. The molecule has 2 heterocycles. The molecule has 0 saturated heterocycles. The van der Waals surface area contributed by atoms with Gasteiger partial charge in [0.1, 0.15) is 4.88 Å². The smallest absolute Gasteiger partial charge is 0.350 e. The second kappa shape index (κ2) is 14.6. The summed E-state index contributed by atoms with van der Waals surface area (Å²) < 4.78 is 17.0. The summed E-state index contributed by atoms with van der Waals surface area (Å²) in [5.41, 5.74) is 1.55. The molecule has 1 aromatic heterocycles. The van der Waals surface area contributed by atoms with Crippen molar-refractivity contribution in [3.63, 3.8) is 0 Å². The van der Waals surface area contributed by atoms with E-state index in [0.717, 1.165) is 36.2 Å². The highest BCUT2D eigenvalue weighted by Gasteiger charge is 2.45. The van der Waals surface area contributed by atoms with Crippen LogP contribution < -0.4 is 14.4 Å². The third kappa shape index (κ3) is 7.14. The molecule has 0 radical (unpaired) electrons. The number of amides is 1. The molecule has 3 aromatic rings. The summed E-state index contributed by atoms with van der Waals surface area (Å²) in [6.45, 7) is 8.37. The maximum Gasteiger partial charge on any atom is 0.350 e. The fourth-order valence-corrected chi connectivity index (χ4v) is 5.67. The topological polar surface area (TPSA) is 115 Å². The fourth-order valence-electron chi connectivity index (χ4n) is 4.68. The number of nitrogens with zero attached hydrogens (tertiary/aromatic N) is 2. The van der Waals surface area contributed by atoms with Gasteiger partial charge in [0.05, 0.1) is 37.1 Å². The largest absolute Gasteiger partial charge is 0.503 e. The molecule has 0 saturated carbocycles. The first-order valence-electron chi connectivity index (χ1n) is 14.4. The van der Waals surface area contributed by atoms with E-state index in [2.05, 4.69) is 11.9 Å². The summed E-state index contributed by atoms with van der Waals surface area (Å²) >= 11 is 0.963. The highest BCUT2D eigenvalue weighted by atomic mass is 32.1. The number of thiazole rings is 1. The molecule has 1 atom stereocenters. The van der Waals surface area contributed by atoms with Gasteiger partial charge < -0.3 is 19.3 Å². The highest BCUT2D eigenvalue weighted by molar-refractivity contribution is 7.17. The van der Waals surface area contributed by atoms with Crippen molar-refractivity contribution in [2.24, 2.45) is 0 Å². The molecule has 226 valence electrons. The molecule has 10 heteroatoms. The lowest BCUT2D eigenvalue weighted by Gasteiger charge is -2.25. The van der Waals surface area contributed by atoms with Gasteiger partial charge in [0, 0.05) is 0 Å². The summed E-state index contributed by atoms with van der Waals surface area (Å²) in [6, 6.07) is 13.4. The van der Waals surface area contributed by atoms with Gasteiger partial charge in [-0.05, 0) is 56.5 Å². The second-order valence-corrected chi connectivity index (χ2v) is 10.8. The standard InChI is InChI=1S/C33H36N2O7S/c1-5-8-12-19-42-25-18-16-23(20-26(25)40-6-2)28-27(24(36)17-15-22-13-10-9-11-14-22)29(37)31(38)35(28)33-34-21(4)30(43-33)32(39)41-7-3/h9-11,13-18,20,28,37H,5-8,12,19H2,1-4H3/b17-15+. The van der Waals surface area contributed by atoms with E-state index in [1.165, 1.54) is 11.0 Å². The van der Waals surface area contributed by atoms with Crippen molar-refractivity contribution in [1.29, 1.82) is 0 Å². The summed E-state index contributed by atoms with van der Waals surface area (Å²) in [5.74, 6) is -1.60. The molecule has 1 unspecified atom stereocenters. The summed E-state index contributed by atoms with van der Waals surface area (Å²) in [6.07, 6.45) is 5.94. The van der Waals surface area contributed by atoms with Crippen LogP contribution in [-0.4, -0.2) is 47.6 Å². The van der Waals surface area contributed by atoms with Crippen LogP contribution in [0.4, 0.5) is 5.13 Å². The van der Waals surface area contributed by atoms with Crippen LogP contribution in [0.2, 0.25) is 0 Å². The van der Waals surface area contributed by atoms with Crippen LogP contribution in [0.3, 0.4) is 0 Å². The Labute approximate surface area is 255 Å². The maximum atomic E-state index is 13.7. The maximum absolute atomic E-state index is 13.7. The lowest BCUT2D eigenvalue weighted by atomic mass is 9.95. The average Bonchev–Trinajstić information content (AvgIpc) is 3.51. The number of carbonyl (C=O) groups excluding carboxylic acids is 3. The molecule has 1 N–H and O–H groups in total. The van der Waals surface area contributed by atoms with E-state index in [1.54, 1.807) is 38.1 Å². The number of aliphatic hydroxyl groups excluding tert-OH is 1. The normalized spacial score (nSPS) is 14.9. The molecule has 0 bridgehead atoms. The molecule has 2 aromatic carbocycles. The van der Waals surface area contributed by atoms with Gasteiger partial charge in [-0.2, -0.15) is 0 Å². The predicted octanol–water partition coefficient (Wildman–Crippen LogP) is 6.78. The van der Waals surface area contributed by atoms with E-state index < -0.39 is 29.5 Å². The first kappa shape index (κ1) is 31.5. The zero-order chi connectivity index (χ0) is 30.9. The van der Waals surface area contributed by atoms with E-state index >= 15 is 0 Å². The Morgan fingerprint density at radius 3 is 2.49 bits per heavy atom. The Balaban J connectivity index is 1.79. The number of esters is 1. The summed E-state index contributed by atoms with van der Waals surface area (Å²) in [7, 11) is 0. The SMILES string of the molecule is CCCCCOc1ccc(C2C(C(=O)/C=C/c3ccccc3)=C(O)C(=O)N2c2nc(C)c(C(=O)OCC)s2)cc1OCC. The van der Waals surface area contributed by atoms with Gasteiger partial charge in [-0.25, -0.2) is 9.78 Å². The molecule has 43 heavy (non-hydrogen) atoms. The zero-order valence-corrected chi connectivity index (χ0v) is 25.6. The number of hydrogen-bond acceptors (Lipinski definition) is 9. The zero-order valence-electron chi connectivity index (χ0n) is 24.8. The molecule has 0 spiro atoms. The van der Waals surface area contributed by atoms with Crippen LogP contribution in [0.1, 0.15) is 72.6 Å². The van der Waals surface area contributed by atoms with Crippen molar-refractivity contribution < 1.29 is 33.7 Å². The first-order valence-corrected chi connectivity index (χ1v) is 15.2. The predicted molar refractivity (Wildman–Crippen MR) is 166 cm³/mol. The van der Waals surface area contributed by atoms with Crippen LogP contribution in [0.15, 0.2) is 65.9 Å². The van der Waals surface area contributed by atoms with Gasteiger partial charge in [0.25, 0.3) is 5.91 Å². The molecule has 0 fully saturated rings. The van der Waals surface area contributed by atoms with Crippen LogP contribution in [0.25, 0.3) is 6.08 Å². The number of rotatable bonds is 14. The van der Waals surface area contributed by atoms with Crippen molar-refractivity contribution in [3.05, 3.63) is 87.6 Å². The average molecular weight is 605 g/mol. The third-order valence-electron chi connectivity index (χ3n) is 6.74. The van der Waals surface area contributed by atoms with Crippen LogP contribution >= 0.6 is 11.3 Å². The number of hydrogen-bond donors (Lipinski definition) is 1. The van der Waals surface area contributed by atoms with Crippen LogP contribution in [-0.2, 0) is 14.3 Å². The van der Waals surface area contributed by atoms with Crippen molar-refractivity contribution in [2.45, 2.75) is 53.0 Å². The van der Waals surface area contributed by atoms with E-state index in [1.807, 2.05) is 37.3 Å². The Morgan fingerprint density at radius 1 is 1.02 bits per heavy atom. The minimum absolute atomic E-state index is 0.109. The quantitative estimate of drug-likeness (QED) is 0.122. The molecule has 1 aliphatic rings. The monoisotopic (exact) mass is 604 g/mol. The number of unbranched alkanes of at least 4 members (excludes halogenated alkanes) is 2. The van der Waals surface area contributed by atoms with Gasteiger partial charge in [0.15, 0.2) is 28.2 Å². The Bertz CT molecular complexity index is 1530. The van der Waals surface area contributed by atoms with Gasteiger partial charge in [-0.15, -0.1) is 0 Å². The van der Waals surface area contributed by atoms with E-state index in [-0.39, 0.29) is 22.2 Å². The van der Waals surface area contributed by atoms with Gasteiger partial charge in [-0.1, -0.05) is 73.6 Å². The molecule has 4 rings (SSSR count). The summed E-state index contributed by atoms with van der Waals surface area (Å²) in [5, 5.41) is 11.3. The lowest BCUT2D eigenvalue weighted by Crippen LogP contribution is -2.31. The minimum atomic E-state index is -1.05. The molecular weight excluding hydrogens is 568 g/mol. The molecular formula is C33H36N2O7S. The number of allylic oxidation sites excluding steroid dienone is 1. The fraction of sp³-hybridized carbons (Fsp3) is 0.333. The highest BCUT2D eigenvalue weighted by Crippen LogP contribution is 2.45. The number of aryl methyl sites for hydroxylation is 1. The van der Waals surface area contributed by atoms with Crippen LogP contribution in [0, 0.1) is 6.92 Å². The van der Waals surface area contributed by atoms with E-state index in [9.17, 15) is 19.5 Å². The number of carbonyl (C=O) groups is 3. The minimum Gasteiger partial charge on any atom is -0.503 e. The molecule has 1 aliphatic heterocycles. The Morgan fingerprint density at radius 2 is 1.79 bits per heavy atom. The van der Waals surface area contributed by atoms with Crippen molar-refractivity contribution in [1.82, 2.24) is 4.98 Å². The second-order valence-electron chi connectivity index (χ2n) is 9.77.